The third-order valence-corrected chi connectivity index (χ3v) is 7.59. The van der Waals surface area contributed by atoms with Crippen LogP contribution < -0.4 is 5.73 Å². The van der Waals surface area contributed by atoms with E-state index in [0.717, 1.165) is 41.0 Å². The van der Waals surface area contributed by atoms with Crippen molar-refractivity contribution in [3.8, 4) is 22.9 Å². The molecule has 1 aliphatic carbocycles. The molecule has 0 radical (unpaired) electrons. The van der Waals surface area contributed by atoms with Gasteiger partial charge in [0.2, 0.25) is 0 Å². The zero-order valence-corrected chi connectivity index (χ0v) is 22.4. The molecule has 202 valence electrons. The maximum atomic E-state index is 6.33. The Morgan fingerprint density at radius 3 is 2.74 bits per heavy atom. The molecule has 2 N–H and O–H groups in total. The zero-order valence-electron chi connectivity index (χ0n) is 22.4. The van der Waals surface area contributed by atoms with Gasteiger partial charge in [0.25, 0.3) is 5.70 Å². The van der Waals surface area contributed by atoms with Crippen LogP contribution in [0.1, 0.15) is 29.2 Å². The molecular weight excluding hydrogens is 526 g/mol. The van der Waals surface area contributed by atoms with E-state index in [1.165, 1.54) is 11.1 Å². The molecule has 0 fully saturated rings. The number of fused-ring (bicyclic) bond motifs is 2. The molecule has 0 spiro atoms. The summed E-state index contributed by atoms with van der Waals surface area (Å²) < 4.78 is 5.59. The van der Waals surface area contributed by atoms with Crippen LogP contribution in [0, 0.1) is 0 Å². The maximum absolute atomic E-state index is 6.33. The summed E-state index contributed by atoms with van der Waals surface area (Å²) in [7, 11) is 0. The molecule has 42 heavy (non-hydrogen) atoms. The van der Waals surface area contributed by atoms with Gasteiger partial charge in [-0.3, -0.25) is 9.55 Å². The molecule has 6 heterocycles. The van der Waals surface area contributed by atoms with Crippen LogP contribution in [0.15, 0.2) is 108 Å². The number of pyridine rings is 3. The third-order valence-electron chi connectivity index (χ3n) is 7.59. The molecular formula is C31H24N11+. The van der Waals surface area contributed by atoms with Crippen LogP contribution in [-0.2, 0) is 6.42 Å². The van der Waals surface area contributed by atoms with Crippen LogP contribution in [0.5, 0.6) is 0 Å². The normalized spacial score (nSPS) is 16.8. The quantitative estimate of drug-likeness (QED) is 0.296. The van der Waals surface area contributed by atoms with E-state index in [2.05, 4.69) is 54.4 Å². The predicted octanol–water partition coefficient (Wildman–Crippen LogP) is 5.14. The van der Waals surface area contributed by atoms with Crippen molar-refractivity contribution in [2.75, 3.05) is 5.73 Å². The van der Waals surface area contributed by atoms with Crippen LogP contribution in [-0.4, -0.2) is 45.2 Å². The minimum Gasteiger partial charge on any atom is -0.383 e. The van der Waals surface area contributed by atoms with E-state index in [9.17, 15) is 0 Å². The van der Waals surface area contributed by atoms with Crippen molar-refractivity contribution in [2.45, 2.75) is 18.8 Å². The van der Waals surface area contributed by atoms with Gasteiger partial charge in [0.05, 0.1) is 10.7 Å². The Balaban J connectivity index is 1.21. The smallest absolute Gasteiger partial charge is 0.270 e. The summed E-state index contributed by atoms with van der Waals surface area (Å²) in [6.07, 6.45) is 13.0. The first-order valence-corrected chi connectivity index (χ1v) is 13.6. The van der Waals surface area contributed by atoms with Crippen molar-refractivity contribution in [1.82, 2.24) is 34.3 Å². The van der Waals surface area contributed by atoms with Gasteiger partial charge in [-0.1, -0.05) is 12.1 Å². The molecule has 5 aromatic heterocycles. The van der Waals surface area contributed by atoms with E-state index in [-0.39, 0.29) is 5.92 Å². The number of hydrogen-bond acceptors (Lipinski definition) is 8. The predicted molar refractivity (Wildman–Crippen MR) is 158 cm³/mol. The van der Waals surface area contributed by atoms with Gasteiger partial charge in [-0.05, 0) is 78.6 Å². The van der Waals surface area contributed by atoms with Crippen molar-refractivity contribution in [3.63, 3.8) is 0 Å². The molecule has 6 aromatic rings. The van der Waals surface area contributed by atoms with Gasteiger partial charge in [0.15, 0.2) is 23.5 Å². The Morgan fingerprint density at radius 1 is 0.929 bits per heavy atom. The lowest BCUT2D eigenvalue weighted by Gasteiger charge is -2.13. The van der Waals surface area contributed by atoms with E-state index in [0.29, 0.717) is 23.1 Å². The van der Waals surface area contributed by atoms with Crippen LogP contribution in [0.4, 0.5) is 5.82 Å². The highest BCUT2D eigenvalue weighted by molar-refractivity contribution is 5.83. The van der Waals surface area contributed by atoms with Crippen molar-refractivity contribution in [2.24, 2.45) is 10.3 Å². The molecule has 0 amide bonds. The minimum absolute atomic E-state index is 0.213. The molecule has 11 heteroatoms. The topological polar surface area (TPSA) is 128 Å². The van der Waals surface area contributed by atoms with E-state index in [1.807, 2.05) is 60.9 Å². The molecule has 0 bridgehead atoms. The highest BCUT2D eigenvalue weighted by atomic mass is 15.5. The Labute approximate surface area is 240 Å². The molecule has 1 aliphatic heterocycles. The second-order valence-corrected chi connectivity index (χ2v) is 10.1. The first kappa shape index (κ1) is 24.0. The van der Waals surface area contributed by atoms with Crippen molar-refractivity contribution < 1.29 is 4.68 Å². The monoisotopic (exact) mass is 550 g/mol. The first-order chi connectivity index (χ1) is 20.7. The summed E-state index contributed by atoms with van der Waals surface area (Å²) in [5.74, 6) is 2.01. The number of benzene rings is 1. The molecule has 0 saturated carbocycles. The fraction of sp³-hybridized carbons (Fsp3) is 0.0968. The van der Waals surface area contributed by atoms with Crippen LogP contribution >= 0.6 is 0 Å². The maximum Gasteiger partial charge on any atom is 0.270 e. The van der Waals surface area contributed by atoms with Gasteiger partial charge in [-0.25, -0.2) is 19.6 Å². The highest BCUT2D eigenvalue weighted by Crippen LogP contribution is 2.36. The number of nitrogens with two attached hydrogens (primary N) is 1. The number of aromatic nitrogens is 7. The molecule has 1 unspecified atom stereocenters. The van der Waals surface area contributed by atoms with E-state index >= 15 is 0 Å². The van der Waals surface area contributed by atoms with Gasteiger partial charge in [0, 0.05) is 36.4 Å². The number of nitrogens with zero attached hydrogens (tertiary/aromatic N) is 10. The first-order valence-electron chi connectivity index (χ1n) is 13.6. The average Bonchev–Trinajstić information content (AvgIpc) is 3.84. The Kier molecular flexibility index (Phi) is 5.52. The SMILES string of the molecule is Nc1ncccc1-c1nc2ccc(-n3cccn3)nc2n1-c1ccc2c(c1)CCC2/C=[N+]1\C=C(c2ccccn2)N=N1. The van der Waals surface area contributed by atoms with Gasteiger partial charge in [-0.2, -0.15) is 5.10 Å². The average molecular weight is 551 g/mol. The van der Waals surface area contributed by atoms with Gasteiger partial charge in [0.1, 0.15) is 28.5 Å². The number of imidazole rings is 1. The number of anilines is 1. The highest BCUT2D eigenvalue weighted by Gasteiger charge is 2.27. The standard InChI is InChI=1S/C31H24N11/c32-29-24(5-3-14-34-29)30-36-26-11-12-28(41-16-4-15-35-41)37-31(26)42(30)22-9-10-23-20(17-22)7-8-21(23)18-40-19-27(38-39-40)25-6-1-2-13-33-25/h1-6,9-19,21H,7-8H2,(H2,32,34)/q+1/b40-18+. The number of aryl methyl sites for hydroxylation is 1. The Hall–Kier alpha value is -5.84. The number of nitrogen functional groups attached to an aromatic ring is 1. The Morgan fingerprint density at radius 2 is 1.88 bits per heavy atom. The summed E-state index contributed by atoms with van der Waals surface area (Å²) >= 11 is 0. The summed E-state index contributed by atoms with van der Waals surface area (Å²) in [6, 6.07) is 21.8. The molecule has 0 saturated heterocycles. The van der Waals surface area contributed by atoms with Gasteiger partial charge < -0.3 is 5.73 Å². The summed E-state index contributed by atoms with van der Waals surface area (Å²) in [6.45, 7) is 0. The molecule has 1 aromatic carbocycles. The minimum atomic E-state index is 0.213. The Bertz CT molecular complexity index is 2050. The fourth-order valence-corrected chi connectivity index (χ4v) is 5.61. The zero-order chi connectivity index (χ0) is 28.0. The third kappa shape index (κ3) is 4.06. The second-order valence-electron chi connectivity index (χ2n) is 10.1. The van der Waals surface area contributed by atoms with Crippen LogP contribution in [0.2, 0.25) is 0 Å². The molecule has 2 aliphatic rings. The van der Waals surface area contributed by atoms with Crippen LogP contribution in [0.25, 0.3) is 39.8 Å². The summed E-state index contributed by atoms with van der Waals surface area (Å²) in [5, 5.41) is 13.0. The van der Waals surface area contributed by atoms with Crippen molar-refractivity contribution >= 4 is 28.9 Å². The summed E-state index contributed by atoms with van der Waals surface area (Å²) in [5.41, 5.74) is 13.6. The van der Waals surface area contributed by atoms with Gasteiger partial charge >= 0.3 is 0 Å². The van der Waals surface area contributed by atoms with Crippen LogP contribution in [0.3, 0.4) is 0 Å². The number of hydrogen-bond donors (Lipinski definition) is 1. The van der Waals surface area contributed by atoms with E-state index < -0.39 is 0 Å². The molecule has 1 atom stereocenters. The second kappa shape index (κ2) is 9.66. The molecule has 11 nitrogen and oxygen atoms in total. The van der Waals surface area contributed by atoms with E-state index in [1.54, 1.807) is 28.0 Å². The largest absolute Gasteiger partial charge is 0.383 e. The lowest BCUT2D eigenvalue weighted by Crippen LogP contribution is -2.05. The van der Waals surface area contributed by atoms with Crippen molar-refractivity contribution in [1.29, 1.82) is 0 Å². The number of rotatable bonds is 5. The lowest BCUT2D eigenvalue weighted by atomic mass is 10.0. The molecule has 8 rings (SSSR count). The lowest BCUT2D eigenvalue weighted by molar-refractivity contribution is -0.460. The fourth-order valence-electron chi connectivity index (χ4n) is 5.61. The van der Waals surface area contributed by atoms with Gasteiger partial charge in [-0.15, -0.1) is 4.68 Å². The summed E-state index contributed by atoms with van der Waals surface area (Å²) in [4.78, 5) is 18.6. The van der Waals surface area contributed by atoms with Crippen molar-refractivity contribution in [3.05, 3.63) is 115 Å². The van der Waals surface area contributed by atoms with E-state index in [4.69, 9.17) is 15.7 Å².